The number of hydrogen-bond acceptors (Lipinski definition) is 3. The lowest BCUT2D eigenvalue weighted by molar-refractivity contribution is 0.102. The first-order valence-electron chi connectivity index (χ1n) is 9.02. The summed E-state index contributed by atoms with van der Waals surface area (Å²) in [6.45, 7) is 3.54. The first-order chi connectivity index (χ1) is 14.1. The summed E-state index contributed by atoms with van der Waals surface area (Å²) < 4.78 is 53.7. The van der Waals surface area contributed by atoms with E-state index in [1.807, 2.05) is 6.92 Å². The minimum absolute atomic E-state index is 0.151. The lowest BCUT2D eigenvalue weighted by atomic mass is 10.1. The van der Waals surface area contributed by atoms with Gasteiger partial charge in [0.25, 0.3) is 15.9 Å². The van der Waals surface area contributed by atoms with E-state index in [-0.39, 0.29) is 16.1 Å². The van der Waals surface area contributed by atoms with E-state index in [4.69, 9.17) is 0 Å². The number of carbonyl (C=O) groups is 1. The fraction of sp³-hybridized carbons (Fsp3) is 0.136. The van der Waals surface area contributed by atoms with Gasteiger partial charge in [-0.1, -0.05) is 17.7 Å². The predicted octanol–water partition coefficient (Wildman–Crippen LogP) is 4.66. The minimum Gasteiger partial charge on any atom is -0.319 e. The Morgan fingerprint density at radius 2 is 1.60 bits per heavy atom. The summed E-state index contributed by atoms with van der Waals surface area (Å²) in [4.78, 5) is 12.6. The van der Waals surface area contributed by atoms with Gasteiger partial charge >= 0.3 is 0 Å². The highest BCUT2D eigenvalue weighted by Crippen LogP contribution is 2.27. The Balaban J connectivity index is 1.85. The fourth-order valence-electron chi connectivity index (χ4n) is 2.93. The number of hydrogen-bond donors (Lipinski definition) is 1. The molecule has 3 rings (SSSR count). The summed E-state index contributed by atoms with van der Waals surface area (Å²) in [5, 5.41) is 2.38. The van der Waals surface area contributed by atoms with Crippen molar-refractivity contribution in [3.05, 3.63) is 89.0 Å². The molecule has 8 heteroatoms. The van der Waals surface area contributed by atoms with Gasteiger partial charge in [0.1, 0.15) is 11.6 Å². The number of aryl methyl sites for hydroxylation is 2. The second-order valence-corrected chi connectivity index (χ2v) is 8.83. The molecule has 0 saturated heterocycles. The highest BCUT2D eigenvalue weighted by Gasteiger charge is 2.23. The first kappa shape index (κ1) is 21.4. The van der Waals surface area contributed by atoms with Crippen LogP contribution in [0.4, 0.5) is 20.2 Å². The molecule has 0 unspecified atom stereocenters. The van der Waals surface area contributed by atoms with Gasteiger partial charge in [0.05, 0.1) is 16.3 Å². The van der Waals surface area contributed by atoms with Crippen molar-refractivity contribution >= 4 is 27.3 Å². The van der Waals surface area contributed by atoms with Crippen LogP contribution in [0.5, 0.6) is 0 Å². The highest BCUT2D eigenvalue weighted by atomic mass is 32.2. The summed E-state index contributed by atoms with van der Waals surface area (Å²) >= 11 is 0. The number of sulfonamides is 1. The predicted molar refractivity (Wildman–Crippen MR) is 112 cm³/mol. The standard InChI is InChI=1S/C22H20F2N2O3S/c1-14-4-8-18(9-5-14)30(28,29)26(3)21-11-6-16(12-15(21)2)22(27)25-20-10-7-17(23)13-19(20)24/h4-13H,1-3H3,(H,25,27). The third kappa shape index (κ3) is 4.33. The van der Waals surface area contributed by atoms with Gasteiger partial charge in [0.15, 0.2) is 0 Å². The van der Waals surface area contributed by atoms with Crippen molar-refractivity contribution in [1.82, 2.24) is 0 Å². The number of rotatable bonds is 5. The number of nitrogens with zero attached hydrogens (tertiary/aromatic N) is 1. The van der Waals surface area contributed by atoms with E-state index in [2.05, 4.69) is 5.32 Å². The molecule has 0 aliphatic carbocycles. The van der Waals surface area contributed by atoms with Crippen LogP contribution in [0.3, 0.4) is 0 Å². The topological polar surface area (TPSA) is 66.5 Å². The summed E-state index contributed by atoms with van der Waals surface area (Å²) in [5.74, 6) is -2.23. The molecular formula is C22H20F2N2O3S. The van der Waals surface area contributed by atoms with Crippen molar-refractivity contribution in [3.8, 4) is 0 Å². The molecule has 0 aliphatic heterocycles. The van der Waals surface area contributed by atoms with Gasteiger partial charge in [-0.3, -0.25) is 9.10 Å². The number of benzene rings is 3. The smallest absolute Gasteiger partial charge is 0.264 e. The van der Waals surface area contributed by atoms with Crippen LogP contribution in [0.1, 0.15) is 21.5 Å². The van der Waals surface area contributed by atoms with Crippen molar-refractivity contribution in [3.63, 3.8) is 0 Å². The zero-order chi connectivity index (χ0) is 22.1. The highest BCUT2D eigenvalue weighted by molar-refractivity contribution is 7.92. The maximum absolute atomic E-state index is 13.8. The quantitative estimate of drug-likeness (QED) is 0.640. The normalized spacial score (nSPS) is 11.2. The molecule has 0 bridgehead atoms. The van der Waals surface area contributed by atoms with E-state index in [0.717, 1.165) is 22.0 Å². The number of halogens is 2. The number of amides is 1. The van der Waals surface area contributed by atoms with E-state index in [9.17, 15) is 22.0 Å². The number of anilines is 2. The molecule has 0 radical (unpaired) electrons. The summed E-state index contributed by atoms with van der Waals surface area (Å²) in [6, 6.07) is 13.8. The van der Waals surface area contributed by atoms with E-state index in [1.165, 1.54) is 37.4 Å². The molecule has 5 nitrogen and oxygen atoms in total. The SMILES string of the molecule is Cc1ccc(S(=O)(=O)N(C)c2ccc(C(=O)Nc3ccc(F)cc3F)cc2C)cc1. The summed E-state index contributed by atoms with van der Waals surface area (Å²) in [7, 11) is -2.34. The van der Waals surface area contributed by atoms with Gasteiger partial charge in [-0.2, -0.15) is 0 Å². The Kier molecular flexibility index (Phi) is 5.89. The van der Waals surface area contributed by atoms with Crippen LogP contribution in [0.2, 0.25) is 0 Å². The van der Waals surface area contributed by atoms with E-state index in [0.29, 0.717) is 17.3 Å². The minimum atomic E-state index is -3.77. The third-order valence-corrected chi connectivity index (χ3v) is 6.44. The molecule has 0 aromatic heterocycles. The maximum atomic E-state index is 13.8. The van der Waals surface area contributed by atoms with Gasteiger partial charge in [0, 0.05) is 18.7 Å². The lowest BCUT2D eigenvalue weighted by Crippen LogP contribution is -2.27. The van der Waals surface area contributed by atoms with E-state index >= 15 is 0 Å². The van der Waals surface area contributed by atoms with Gasteiger partial charge in [0.2, 0.25) is 0 Å². The van der Waals surface area contributed by atoms with Crippen molar-refractivity contribution < 1.29 is 22.0 Å². The molecule has 0 atom stereocenters. The second kappa shape index (κ2) is 8.23. The van der Waals surface area contributed by atoms with Crippen molar-refractivity contribution in [2.45, 2.75) is 18.7 Å². The van der Waals surface area contributed by atoms with Crippen LogP contribution in [0, 0.1) is 25.5 Å². The second-order valence-electron chi connectivity index (χ2n) is 6.87. The average Bonchev–Trinajstić information content (AvgIpc) is 2.69. The Bertz CT molecular complexity index is 1210. The van der Waals surface area contributed by atoms with E-state index < -0.39 is 27.6 Å². The van der Waals surface area contributed by atoms with Crippen LogP contribution in [0.15, 0.2) is 65.6 Å². The van der Waals surface area contributed by atoms with Gasteiger partial charge in [-0.25, -0.2) is 17.2 Å². The van der Waals surface area contributed by atoms with Crippen molar-refractivity contribution in [2.24, 2.45) is 0 Å². The molecule has 0 saturated carbocycles. The van der Waals surface area contributed by atoms with Crippen LogP contribution < -0.4 is 9.62 Å². The number of nitrogens with one attached hydrogen (secondary N) is 1. The fourth-order valence-corrected chi connectivity index (χ4v) is 4.19. The maximum Gasteiger partial charge on any atom is 0.264 e. The monoisotopic (exact) mass is 430 g/mol. The van der Waals surface area contributed by atoms with Gasteiger partial charge in [-0.15, -0.1) is 0 Å². The molecule has 0 spiro atoms. The lowest BCUT2D eigenvalue weighted by Gasteiger charge is -2.22. The van der Waals surface area contributed by atoms with Crippen LogP contribution in [-0.4, -0.2) is 21.4 Å². The molecule has 0 fully saturated rings. The summed E-state index contributed by atoms with van der Waals surface area (Å²) in [6.07, 6.45) is 0. The Hall–Kier alpha value is -3.26. The van der Waals surface area contributed by atoms with E-state index in [1.54, 1.807) is 19.1 Å². The zero-order valence-electron chi connectivity index (χ0n) is 16.6. The average molecular weight is 430 g/mol. The first-order valence-corrected chi connectivity index (χ1v) is 10.5. The zero-order valence-corrected chi connectivity index (χ0v) is 17.4. The third-order valence-electron chi connectivity index (χ3n) is 4.66. The molecule has 3 aromatic rings. The molecule has 30 heavy (non-hydrogen) atoms. The Labute approximate surface area is 174 Å². The Morgan fingerprint density at radius 3 is 2.20 bits per heavy atom. The molecule has 0 heterocycles. The summed E-state index contributed by atoms with van der Waals surface area (Å²) in [5.41, 5.74) is 1.95. The van der Waals surface area contributed by atoms with Crippen LogP contribution in [0.25, 0.3) is 0 Å². The Morgan fingerprint density at radius 1 is 0.933 bits per heavy atom. The molecule has 156 valence electrons. The van der Waals surface area contributed by atoms with Gasteiger partial charge < -0.3 is 5.32 Å². The molecule has 1 amide bonds. The number of carbonyl (C=O) groups excluding carboxylic acids is 1. The van der Waals surface area contributed by atoms with Crippen molar-refractivity contribution in [2.75, 3.05) is 16.7 Å². The van der Waals surface area contributed by atoms with Gasteiger partial charge in [-0.05, 0) is 61.9 Å². The van der Waals surface area contributed by atoms with Crippen LogP contribution in [-0.2, 0) is 10.0 Å². The van der Waals surface area contributed by atoms with Crippen molar-refractivity contribution in [1.29, 1.82) is 0 Å². The van der Waals surface area contributed by atoms with Crippen LogP contribution >= 0.6 is 0 Å². The molecule has 3 aromatic carbocycles. The molecule has 1 N–H and O–H groups in total. The largest absolute Gasteiger partial charge is 0.319 e. The molecular weight excluding hydrogens is 410 g/mol. The molecule has 0 aliphatic rings.